The van der Waals surface area contributed by atoms with Crippen LogP contribution in [-0.4, -0.2) is 15.7 Å². The molecule has 0 aliphatic rings. The van der Waals surface area contributed by atoms with Gasteiger partial charge < -0.3 is 4.57 Å². The van der Waals surface area contributed by atoms with Gasteiger partial charge in [0, 0.05) is 26.7 Å². The highest BCUT2D eigenvalue weighted by Crippen LogP contribution is 2.26. The van der Waals surface area contributed by atoms with E-state index in [0.29, 0.717) is 10.8 Å². The van der Waals surface area contributed by atoms with Crippen molar-refractivity contribution in [1.29, 1.82) is 0 Å². The summed E-state index contributed by atoms with van der Waals surface area (Å²) >= 11 is 6.89. The number of fused-ring (bicyclic) bond motifs is 1. The number of carbonyl (C=O) groups is 1. The van der Waals surface area contributed by atoms with Gasteiger partial charge in [-0.3, -0.25) is 4.79 Å². The van der Waals surface area contributed by atoms with Crippen molar-refractivity contribution in [3.8, 4) is 0 Å². The zero-order valence-electron chi connectivity index (χ0n) is 14.3. The molecule has 0 fully saturated rings. The van der Waals surface area contributed by atoms with E-state index in [2.05, 4.69) is 52.3 Å². The van der Waals surface area contributed by atoms with Crippen molar-refractivity contribution in [2.24, 2.45) is 4.99 Å². The number of rotatable bonds is 4. The van der Waals surface area contributed by atoms with Crippen LogP contribution < -0.4 is 4.80 Å². The smallest absolute Gasteiger partial charge is 0.279 e. The summed E-state index contributed by atoms with van der Waals surface area (Å²) in [6, 6.07) is 13.8. The number of aromatic nitrogens is 1. The fourth-order valence-electron chi connectivity index (χ4n) is 2.59. The molecule has 25 heavy (non-hydrogen) atoms. The first kappa shape index (κ1) is 18.4. The Morgan fingerprint density at radius 3 is 2.76 bits per heavy atom. The van der Waals surface area contributed by atoms with E-state index in [1.165, 1.54) is 0 Å². The van der Waals surface area contributed by atoms with E-state index in [1.54, 1.807) is 23.1 Å². The highest BCUT2D eigenvalue weighted by atomic mass is 79.9. The van der Waals surface area contributed by atoms with Gasteiger partial charge in [-0.2, -0.15) is 4.99 Å². The van der Waals surface area contributed by atoms with E-state index in [-0.39, 0.29) is 5.91 Å². The van der Waals surface area contributed by atoms with Gasteiger partial charge in [-0.05, 0) is 53.2 Å². The van der Waals surface area contributed by atoms with Crippen molar-refractivity contribution < 1.29 is 4.79 Å². The summed E-state index contributed by atoms with van der Waals surface area (Å²) in [5, 5.41) is 0.476. The van der Waals surface area contributed by atoms with Crippen LogP contribution in [0.5, 0.6) is 0 Å². The van der Waals surface area contributed by atoms with E-state index < -0.39 is 0 Å². The van der Waals surface area contributed by atoms with Gasteiger partial charge in [0.15, 0.2) is 4.80 Å². The number of halogens is 1. The lowest BCUT2D eigenvalue weighted by Crippen LogP contribution is -2.16. The number of para-hydroxylation sites is 1. The molecule has 0 spiro atoms. The first-order chi connectivity index (χ1) is 12.0. The molecule has 0 bridgehead atoms. The summed E-state index contributed by atoms with van der Waals surface area (Å²) < 4.78 is 4.22. The number of benzene rings is 2. The Kier molecular flexibility index (Phi) is 5.81. The molecule has 2 aromatic carbocycles. The van der Waals surface area contributed by atoms with Crippen molar-refractivity contribution in [2.75, 3.05) is 0 Å². The number of carbonyl (C=O) groups excluding carboxylic acids is 1. The molecule has 0 saturated carbocycles. The molecule has 3 rings (SSSR count). The van der Waals surface area contributed by atoms with Crippen LogP contribution in [0.15, 0.2) is 56.8 Å². The van der Waals surface area contributed by atoms with Crippen LogP contribution in [0, 0.1) is 0 Å². The zero-order chi connectivity index (χ0) is 18.0. The van der Waals surface area contributed by atoms with Crippen LogP contribution in [-0.2, 0) is 6.54 Å². The minimum absolute atomic E-state index is 0.198. The average molecular weight is 435 g/mol. The molecule has 0 atom stereocenters. The lowest BCUT2D eigenvalue weighted by Gasteiger charge is -2.05. The van der Waals surface area contributed by atoms with Gasteiger partial charge >= 0.3 is 0 Å². The van der Waals surface area contributed by atoms with Crippen molar-refractivity contribution in [3.05, 3.63) is 57.3 Å². The largest absolute Gasteiger partial charge is 0.316 e. The van der Waals surface area contributed by atoms with Crippen molar-refractivity contribution in [3.63, 3.8) is 0 Å². The van der Waals surface area contributed by atoms with Gasteiger partial charge in [-0.25, -0.2) is 0 Å². The number of thioether (sulfide) groups is 1. The van der Waals surface area contributed by atoms with Gasteiger partial charge in [0.25, 0.3) is 5.91 Å². The Hall–Kier alpha value is -1.37. The van der Waals surface area contributed by atoms with Gasteiger partial charge in [-0.15, -0.1) is 11.8 Å². The molecule has 0 saturated heterocycles. The van der Waals surface area contributed by atoms with Crippen LogP contribution in [0.25, 0.3) is 10.2 Å². The van der Waals surface area contributed by atoms with Crippen LogP contribution in [0.1, 0.15) is 31.1 Å². The highest BCUT2D eigenvalue weighted by molar-refractivity contribution is 9.10. The van der Waals surface area contributed by atoms with Crippen molar-refractivity contribution in [1.82, 2.24) is 4.57 Å². The van der Waals surface area contributed by atoms with Crippen LogP contribution in [0.3, 0.4) is 0 Å². The molecule has 0 unspecified atom stereocenters. The Bertz CT molecular complexity index is 988. The highest BCUT2D eigenvalue weighted by Gasteiger charge is 2.11. The third-order valence-corrected chi connectivity index (χ3v) is 6.30. The van der Waals surface area contributed by atoms with Crippen molar-refractivity contribution in [2.45, 2.75) is 37.5 Å². The molecule has 0 N–H and O–H groups in total. The zero-order valence-corrected chi connectivity index (χ0v) is 17.5. The minimum atomic E-state index is -0.198. The van der Waals surface area contributed by atoms with E-state index >= 15 is 0 Å². The molecule has 1 heterocycles. The second-order valence-corrected chi connectivity index (χ2v) is 9.34. The standard InChI is InChI=1S/C19H19BrN2OS2/c1-4-22-17-15(20)9-6-10-16(17)25-19(22)21-18(23)13-7-5-8-14(11-13)24-12(2)3/h5-12H,4H2,1-3H3. The molecule has 130 valence electrons. The molecule has 0 radical (unpaired) electrons. The Balaban J connectivity index is 2.05. The number of amides is 1. The Morgan fingerprint density at radius 1 is 1.28 bits per heavy atom. The predicted molar refractivity (Wildman–Crippen MR) is 111 cm³/mol. The average Bonchev–Trinajstić information content (AvgIpc) is 2.93. The first-order valence-corrected chi connectivity index (χ1v) is 10.6. The van der Waals surface area contributed by atoms with Crippen LogP contribution in [0.4, 0.5) is 0 Å². The third-order valence-electron chi connectivity index (χ3n) is 3.62. The summed E-state index contributed by atoms with van der Waals surface area (Å²) in [5.41, 5.74) is 1.72. The summed E-state index contributed by atoms with van der Waals surface area (Å²) in [7, 11) is 0. The third kappa shape index (κ3) is 4.07. The number of thiazole rings is 1. The van der Waals surface area contributed by atoms with Gasteiger partial charge in [0.05, 0.1) is 10.2 Å². The maximum atomic E-state index is 12.7. The second kappa shape index (κ2) is 7.89. The maximum absolute atomic E-state index is 12.7. The molecule has 6 heteroatoms. The molecule has 1 amide bonds. The first-order valence-electron chi connectivity index (χ1n) is 8.13. The normalized spacial score (nSPS) is 12.3. The lowest BCUT2D eigenvalue weighted by atomic mass is 10.2. The molecular weight excluding hydrogens is 416 g/mol. The lowest BCUT2D eigenvalue weighted by molar-refractivity contribution is 0.0997. The minimum Gasteiger partial charge on any atom is -0.316 e. The van der Waals surface area contributed by atoms with Gasteiger partial charge in [0.2, 0.25) is 0 Å². The molecule has 0 aliphatic heterocycles. The molecule has 0 aliphatic carbocycles. The number of hydrogen-bond donors (Lipinski definition) is 0. The fourth-order valence-corrected chi connectivity index (χ4v) is 5.32. The molecule has 1 aromatic heterocycles. The van der Waals surface area contributed by atoms with E-state index in [0.717, 1.165) is 30.9 Å². The quantitative estimate of drug-likeness (QED) is 0.491. The SMILES string of the molecule is CCn1c(=NC(=O)c2cccc(SC(C)C)c2)sc2cccc(Br)c21. The second-order valence-electron chi connectivity index (χ2n) is 5.83. The van der Waals surface area contributed by atoms with Gasteiger partial charge in [0.1, 0.15) is 0 Å². The summed E-state index contributed by atoms with van der Waals surface area (Å²) in [6.45, 7) is 7.11. The molecule has 3 nitrogen and oxygen atoms in total. The summed E-state index contributed by atoms with van der Waals surface area (Å²) in [5.74, 6) is -0.198. The number of hydrogen-bond acceptors (Lipinski definition) is 3. The van der Waals surface area contributed by atoms with Gasteiger partial charge in [-0.1, -0.05) is 37.3 Å². The van der Waals surface area contributed by atoms with E-state index in [9.17, 15) is 4.79 Å². The summed E-state index contributed by atoms with van der Waals surface area (Å²) in [4.78, 5) is 18.9. The molecule has 3 aromatic rings. The topological polar surface area (TPSA) is 34.4 Å². The maximum Gasteiger partial charge on any atom is 0.279 e. The predicted octanol–water partition coefficient (Wildman–Crippen LogP) is 5.73. The number of aryl methyl sites for hydroxylation is 1. The Morgan fingerprint density at radius 2 is 2.04 bits per heavy atom. The van der Waals surface area contributed by atoms with Crippen molar-refractivity contribution >= 4 is 55.2 Å². The number of nitrogens with zero attached hydrogens (tertiary/aromatic N) is 2. The van der Waals surface area contributed by atoms with E-state index in [4.69, 9.17) is 0 Å². The Labute approximate surface area is 163 Å². The van der Waals surface area contributed by atoms with Crippen LogP contribution >= 0.6 is 39.0 Å². The fraction of sp³-hybridized carbons (Fsp3) is 0.263. The molecular formula is C19H19BrN2OS2. The monoisotopic (exact) mass is 434 g/mol. The van der Waals surface area contributed by atoms with E-state index in [1.807, 2.05) is 36.4 Å². The van der Waals surface area contributed by atoms with Crippen LogP contribution in [0.2, 0.25) is 0 Å². The summed E-state index contributed by atoms with van der Waals surface area (Å²) in [6.07, 6.45) is 0.